The summed E-state index contributed by atoms with van der Waals surface area (Å²) in [5.41, 5.74) is -0.951. The molecule has 0 spiro atoms. The van der Waals surface area contributed by atoms with Gasteiger partial charge in [-0.2, -0.15) is 13.2 Å². The molecule has 0 aromatic carbocycles. The first-order chi connectivity index (χ1) is 9.69. The lowest BCUT2D eigenvalue weighted by Crippen LogP contribution is -2.52. The van der Waals surface area contributed by atoms with Gasteiger partial charge in [0.1, 0.15) is 0 Å². The Labute approximate surface area is 119 Å². The maximum absolute atomic E-state index is 12.5. The van der Waals surface area contributed by atoms with Gasteiger partial charge in [-0.1, -0.05) is 0 Å². The summed E-state index contributed by atoms with van der Waals surface area (Å²) in [5, 5.41) is 0. The minimum atomic E-state index is -5.23. The molecule has 4 saturated carbocycles. The van der Waals surface area contributed by atoms with E-state index < -0.39 is 30.1 Å². The Hall–Kier alpha value is -0.880. The molecule has 0 aliphatic heterocycles. The molecule has 4 aliphatic carbocycles. The first-order valence-electron chi connectivity index (χ1n) is 7.25. The van der Waals surface area contributed by atoms with Crippen molar-refractivity contribution in [1.82, 2.24) is 0 Å². The van der Waals surface area contributed by atoms with Crippen LogP contribution in [0.1, 0.15) is 38.5 Å². The SMILES string of the molecule is O=C(OC(C(F)F)C(F)(F)F)C12CC3CC(CC(C3)C1)C2. The van der Waals surface area contributed by atoms with Gasteiger partial charge in [-0.25, -0.2) is 8.78 Å². The van der Waals surface area contributed by atoms with Gasteiger partial charge in [0.05, 0.1) is 5.41 Å². The molecule has 0 saturated heterocycles. The van der Waals surface area contributed by atoms with Gasteiger partial charge in [0, 0.05) is 0 Å². The van der Waals surface area contributed by atoms with Gasteiger partial charge >= 0.3 is 12.1 Å². The molecule has 7 heteroatoms. The predicted molar refractivity (Wildman–Crippen MR) is 62.5 cm³/mol. The minimum Gasteiger partial charge on any atom is -0.446 e. The number of carbonyl (C=O) groups is 1. The molecule has 0 radical (unpaired) electrons. The molecular weight excluding hydrogens is 295 g/mol. The fourth-order valence-electron chi connectivity index (χ4n) is 4.86. The third kappa shape index (κ3) is 2.63. The number of rotatable bonds is 3. The van der Waals surface area contributed by atoms with Crippen molar-refractivity contribution in [3.63, 3.8) is 0 Å². The average molecular weight is 312 g/mol. The Morgan fingerprint density at radius 1 is 1.00 bits per heavy atom. The second kappa shape index (κ2) is 4.81. The van der Waals surface area contributed by atoms with Crippen LogP contribution in [0.3, 0.4) is 0 Å². The summed E-state index contributed by atoms with van der Waals surface area (Å²) in [4.78, 5) is 12.2. The van der Waals surface area contributed by atoms with Crippen LogP contribution < -0.4 is 0 Å². The molecule has 4 bridgehead atoms. The lowest BCUT2D eigenvalue weighted by atomic mass is 9.49. The van der Waals surface area contributed by atoms with E-state index >= 15 is 0 Å². The highest BCUT2D eigenvalue weighted by Crippen LogP contribution is 2.60. The number of hydrogen-bond acceptors (Lipinski definition) is 2. The largest absolute Gasteiger partial charge is 0.446 e. The Balaban J connectivity index is 1.76. The normalized spacial score (nSPS) is 39.6. The van der Waals surface area contributed by atoms with Crippen LogP contribution in [0.25, 0.3) is 0 Å². The van der Waals surface area contributed by atoms with Gasteiger partial charge in [-0.15, -0.1) is 0 Å². The van der Waals surface area contributed by atoms with E-state index in [9.17, 15) is 26.7 Å². The molecule has 1 atom stereocenters. The van der Waals surface area contributed by atoms with Crippen molar-refractivity contribution in [2.45, 2.75) is 57.2 Å². The molecule has 0 aromatic heterocycles. The Bertz CT molecular complexity index is 396. The zero-order valence-corrected chi connectivity index (χ0v) is 11.3. The Kier molecular flexibility index (Phi) is 3.44. The van der Waals surface area contributed by atoms with Gasteiger partial charge in [-0.05, 0) is 56.3 Å². The molecule has 2 nitrogen and oxygen atoms in total. The predicted octanol–water partition coefficient (Wildman–Crippen LogP) is 3.94. The van der Waals surface area contributed by atoms with E-state index in [4.69, 9.17) is 0 Å². The van der Waals surface area contributed by atoms with E-state index in [1.54, 1.807) is 0 Å². The van der Waals surface area contributed by atoms with Crippen molar-refractivity contribution in [3.8, 4) is 0 Å². The summed E-state index contributed by atoms with van der Waals surface area (Å²) in [6.07, 6.45) is -7.80. The van der Waals surface area contributed by atoms with E-state index in [2.05, 4.69) is 4.74 Å². The standard InChI is InChI=1S/C14H17F5O2/c15-11(16)10(14(17,18)19)21-12(20)13-4-7-1-8(5-13)3-9(2-7)6-13/h7-11H,1-6H2. The van der Waals surface area contributed by atoms with Gasteiger partial charge in [0.25, 0.3) is 12.5 Å². The van der Waals surface area contributed by atoms with Gasteiger partial charge in [0.15, 0.2) is 0 Å². The Morgan fingerprint density at radius 3 is 1.76 bits per heavy atom. The van der Waals surface area contributed by atoms with Crippen molar-refractivity contribution in [2.75, 3.05) is 0 Å². The van der Waals surface area contributed by atoms with Crippen LogP contribution in [0, 0.1) is 23.2 Å². The molecular formula is C14H17F5O2. The summed E-state index contributed by atoms with van der Waals surface area (Å²) in [7, 11) is 0. The fourth-order valence-corrected chi connectivity index (χ4v) is 4.86. The van der Waals surface area contributed by atoms with Crippen LogP contribution in [-0.4, -0.2) is 24.7 Å². The number of hydrogen-bond donors (Lipinski definition) is 0. The lowest BCUT2D eigenvalue weighted by Gasteiger charge is -2.55. The van der Waals surface area contributed by atoms with Gasteiger partial charge < -0.3 is 4.74 Å². The average Bonchev–Trinajstić information content (AvgIpc) is 2.31. The smallest absolute Gasteiger partial charge is 0.431 e. The van der Waals surface area contributed by atoms with Crippen LogP contribution in [-0.2, 0) is 9.53 Å². The van der Waals surface area contributed by atoms with Crippen molar-refractivity contribution < 1.29 is 31.5 Å². The van der Waals surface area contributed by atoms with E-state index in [0.29, 0.717) is 37.0 Å². The second-order valence-electron chi connectivity index (χ2n) is 6.90. The molecule has 0 N–H and O–H groups in total. The number of ether oxygens (including phenoxy) is 1. The van der Waals surface area contributed by atoms with Crippen LogP contribution in [0.15, 0.2) is 0 Å². The monoisotopic (exact) mass is 312 g/mol. The summed E-state index contributed by atoms with van der Waals surface area (Å²) in [6, 6.07) is 0. The fraction of sp³-hybridized carbons (Fsp3) is 0.929. The number of esters is 1. The van der Waals surface area contributed by atoms with Gasteiger partial charge in [0.2, 0.25) is 0 Å². The highest BCUT2D eigenvalue weighted by Gasteiger charge is 2.58. The number of alkyl halides is 5. The van der Waals surface area contributed by atoms with E-state index in [-0.39, 0.29) is 0 Å². The molecule has 0 heterocycles. The first-order valence-corrected chi connectivity index (χ1v) is 7.25. The summed E-state index contributed by atoms with van der Waals surface area (Å²) >= 11 is 0. The number of halogens is 5. The molecule has 1 unspecified atom stereocenters. The van der Waals surface area contributed by atoms with E-state index in [1.807, 2.05) is 0 Å². The molecule has 21 heavy (non-hydrogen) atoms. The van der Waals surface area contributed by atoms with Crippen molar-refractivity contribution in [3.05, 3.63) is 0 Å². The van der Waals surface area contributed by atoms with Crippen LogP contribution in [0.2, 0.25) is 0 Å². The highest BCUT2D eigenvalue weighted by molar-refractivity contribution is 5.77. The third-order valence-corrected chi connectivity index (χ3v) is 5.26. The topological polar surface area (TPSA) is 26.3 Å². The zero-order chi connectivity index (χ0) is 15.4. The van der Waals surface area contributed by atoms with Crippen molar-refractivity contribution in [1.29, 1.82) is 0 Å². The molecule has 4 aliphatic rings. The van der Waals surface area contributed by atoms with Crippen molar-refractivity contribution >= 4 is 5.97 Å². The lowest BCUT2D eigenvalue weighted by molar-refractivity contribution is -0.256. The third-order valence-electron chi connectivity index (χ3n) is 5.26. The summed E-state index contributed by atoms with van der Waals surface area (Å²) < 4.78 is 66.9. The van der Waals surface area contributed by atoms with Crippen LogP contribution in [0.4, 0.5) is 22.0 Å². The van der Waals surface area contributed by atoms with Crippen molar-refractivity contribution in [2.24, 2.45) is 23.2 Å². The maximum atomic E-state index is 12.5. The zero-order valence-electron chi connectivity index (χ0n) is 11.3. The van der Waals surface area contributed by atoms with Crippen LogP contribution >= 0.6 is 0 Å². The summed E-state index contributed by atoms with van der Waals surface area (Å²) in [6.45, 7) is 0. The minimum absolute atomic E-state index is 0.333. The second-order valence-corrected chi connectivity index (χ2v) is 6.90. The summed E-state index contributed by atoms with van der Waals surface area (Å²) in [5.74, 6) is -0.0664. The Morgan fingerprint density at radius 2 is 1.43 bits per heavy atom. The van der Waals surface area contributed by atoms with Crippen LogP contribution in [0.5, 0.6) is 0 Å². The molecule has 4 fully saturated rings. The van der Waals surface area contributed by atoms with Gasteiger partial charge in [-0.3, -0.25) is 4.79 Å². The molecule has 4 rings (SSSR count). The quantitative estimate of drug-likeness (QED) is 0.583. The molecule has 0 aromatic rings. The highest BCUT2D eigenvalue weighted by atomic mass is 19.4. The number of carbonyl (C=O) groups excluding carboxylic acids is 1. The maximum Gasteiger partial charge on any atom is 0.431 e. The molecule has 0 amide bonds. The van der Waals surface area contributed by atoms with E-state index in [1.165, 1.54) is 0 Å². The van der Waals surface area contributed by atoms with E-state index in [0.717, 1.165) is 19.3 Å². The first kappa shape index (κ1) is 15.0. The molecule has 120 valence electrons.